The van der Waals surface area contributed by atoms with Crippen molar-refractivity contribution in [1.82, 2.24) is 4.90 Å². The van der Waals surface area contributed by atoms with Crippen LogP contribution in [0.4, 0.5) is 4.79 Å². The normalized spacial score (nSPS) is 11.3. The number of carbonyl (C=O) groups is 1. The molecule has 0 rings (SSSR count). The van der Waals surface area contributed by atoms with Crippen molar-refractivity contribution in [3.05, 3.63) is 0 Å². The van der Waals surface area contributed by atoms with E-state index in [2.05, 4.69) is 6.92 Å². The molecular weight excluding hydrogens is 206 g/mol. The molecular formula is C12H25NO3. The van der Waals surface area contributed by atoms with Crippen LogP contribution in [0.25, 0.3) is 0 Å². The summed E-state index contributed by atoms with van der Waals surface area (Å²) >= 11 is 0. The average Bonchev–Trinajstić information content (AvgIpc) is 2.15. The van der Waals surface area contributed by atoms with Gasteiger partial charge in [-0.05, 0) is 34.1 Å². The molecule has 4 nitrogen and oxygen atoms in total. The van der Waals surface area contributed by atoms with Gasteiger partial charge in [0.15, 0.2) is 0 Å². The highest BCUT2D eigenvalue weighted by Crippen LogP contribution is 2.09. The Morgan fingerprint density at radius 3 is 2.25 bits per heavy atom. The van der Waals surface area contributed by atoms with Gasteiger partial charge in [0, 0.05) is 19.7 Å². The van der Waals surface area contributed by atoms with Gasteiger partial charge in [0.25, 0.3) is 0 Å². The molecule has 0 aromatic carbocycles. The number of amides is 1. The van der Waals surface area contributed by atoms with Gasteiger partial charge in [-0.25, -0.2) is 4.79 Å². The van der Waals surface area contributed by atoms with Gasteiger partial charge in [-0.2, -0.15) is 0 Å². The van der Waals surface area contributed by atoms with E-state index in [1.807, 2.05) is 27.7 Å². The lowest BCUT2D eigenvalue weighted by Crippen LogP contribution is -2.38. The third-order valence-electron chi connectivity index (χ3n) is 1.89. The van der Waals surface area contributed by atoms with Crippen molar-refractivity contribution in [2.24, 2.45) is 0 Å². The lowest BCUT2D eigenvalue weighted by molar-refractivity contribution is 0.0188. The highest BCUT2D eigenvalue weighted by atomic mass is 16.6. The summed E-state index contributed by atoms with van der Waals surface area (Å²) in [6.45, 7) is 12.1. The van der Waals surface area contributed by atoms with E-state index in [4.69, 9.17) is 9.47 Å². The molecule has 16 heavy (non-hydrogen) atoms. The highest BCUT2D eigenvalue weighted by molar-refractivity contribution is 5.68. The number of hydrogen-bond donors (Lipinski definition) is 0. The molecule has 4 heteroatoms. The zero-order valence-corrected chi connectivity index (χ0v) is 11.2. The van der Waals surface area contributed by atoms with Crippen LogP contribution in [0.15, 0.2) is 0 Å². The second-order valence-corrected chi connectivity index (χ2v) is 4.67. The second-order valence-electron chi connectivity index (χ2n) is 4.67. The zero-order chi connectivity index (χ0) is 12.6. The fourth-order valence-corrected chi connectivity index (χ4v) is 1.13. The summed E-state index contributed by atoms with van der Waals surface area (Å²) in [5.41, 5.74) is -0.436. The van der Waals surface area contributed by atoms with E-state index in [-0.39, 0.29) is 6.09 Å². The maximum Gasteiger partial charge on any atom is 0.410 e. The Balaban J connectivity index is 3.93. The highest BCUT2D eigenvalue weighted by Gasteiger charge is 2.20. The second kappa shape index (κ2) is 7.49. The summed E-state index contributed by atoms with van der Waals surface area (Å²) in [6.07, 6.45) is 0.730. The van der Waals surface area contributed by atoms with Crippen molar-refractivity contribution in [3.8, 4) is 0 Å². The Morgan fingerprint density at radius 2 is 1.81 bits per heavy atom. The molecule has 0 saturated heterocycles. The van der Waals surface area contributed by atoms with Gasteiger partial charge in [0.1, 0.15) is 5.60 Å². The van der Waals surface area contributed by atoms with Crippen molar-refractivity contribution < 1.29 is 14.3 Å². The third-order valence-corrected chi connectivity index (χ3v) is 1.89. The van der Waals surface area contributed by atoms with Gasteiger partial charge >= 0.3 is 6.09 Å². The van der Waals surface area contributed by atoms with Crippen LogP contribution in [-0.4, -0.2) is 42.9 Å². The minimum Gasteiger partial charge on any atom is -0.444 e. The number of rotatable bonds is 6. The molecule has 1 amide bonds. The first-order chi connectivity index (χ1) is 7.40. The summed E-state index contributed by atoms with van der Waals surface area (Å²) in [6, 6.07) is 0. The summed E-state index contributed by atoms with van der Waals surface area (Å²) in [4.78, 5) is 13.4. The molecule has 0 unspecified atom stereocenters. The van der Waals surface area contributed by atoms with Crippen LogP contribution in [0.1, 0.15) is 41.0 Å². The van der Waals surface area contributed by atoms with Crippen LogP contribution in [0.5, 0.6) is 0 Å². The molecule has 0 saturated carbocycles. The molecule has 0 N–H and O–H groups in total. The molecule has 0 aromatic heterocycles. The maximum absolute atomic E-state index is 11.7. The van der Waals surface area contributed by atoms with Crippen LogP contribution in [0.2, 0.25) is 0 Å². The summed E-state index contributed by atoms with van der Waals surface area (Å²) < 4.78 is 10.6. The summed E-state index contributed by atoms with van der Waals surface area (Å²) in [5, 5.41) is 0. The third kappa shape index (κ3) is 7.51. The van der Waals surface area contributed by atoms with Crippen molar-refractivity contribution in [3.63, 3.8) is 0 Å². The molecule has 0 aliphatic carbocycles. The molecule has 0 spiro atoms. The van der Waals surface area contributed by atoms with Gasteiger partial charge in [0.2, 0.25) is 0 Å². The monoisotopic (exact) mass is 231 g/mol. The van der Waals surface area contributed by atoms with Crippen LogP contribution in [0, 0.1) is 0 Å². The molecule has 0 atom stereocenters. The zero-order valence-electron chi connectivity index (χ0n) is 11.2. The predicted octanol–water partition coefficient (Wildman–Crippen LogP) is 2.67. The minimum atomic E-state index is -0.436. The average molecular weight is 231 g/mol. The van der Waals surface area contributed by atoms with E-state index in [0.29, 0.717) is 19.7 Å². The first-order valence-electron chi connectivity index (χ1n) is 5.96. The fourth-order valence-electron chi connectivity index (χ4n) is 1.13. The Hall–Kier alpha value is -0.770. The number of hydrogen-bond acceptors (Lipinski definition) is 3. The lowest BCUT2D eigenvalue weighted by Gasteiger charge is -2.26. The fraction of sp³-hybridized carbons (Fsp3) is 0.917. The summed E-state index contributed by atoms with van der Waals surface area (Å²) in [5.74, 6) is 0. The van der Waals surface area contributed by atoms with Gasteiger partial charge in [-0.1, -0.05) is 6.92 Å². The minimum absolute atomic E-state index is 0.268. The van der Waals surface area contributed by atoms with Crippen LogP contribution < -0.4 is 0 Å². The molecule has 0 heterocycles. The van der Waals surface area contributed by atoms with E-state index in [9.17, 15) is 4.79 Å². The lowest BCUT2D eigenvalue weighted by atomic mass is 10.2. The SMILES string of the molecule is CCCOCCN(CC)C(=O)OC(C)(C)C. The van der Waals surface area contributed by atoms with E-state index in [0.717, 1.165) is 13.0 Å². The molecule has 0 aromatic rings. The summed E-state index contributed by atoms with van der Waals surface area (Å²) in [7, 11) is 0. The molecule has 0 bridgehead atoms. The number of likely N-dealkylation sites (N-methyl/N-ethyl adjacent to an activating group) is 1. The smallest absolute Gasteiger partial charge is 0.410 e. The van der Waals surface area contributed by atoms with Gasteiger partial charge < -0.3 is 14.4 Å². The van der Waals surface area contributed by atoms with Gasteiger partial charge in [-0.15, -0.1) is 0 Å². The molecule has 0 fully saturated rings. The van der Waals surface area contributed by atoms with E-state index >= 15 is 0 Å². The largest absolute Gasteiger partial charge is 0.444 e. The predicted molar refractivity (Wildman–Crippen MR) is 64.6 cm³/mol. The quantitative estimate of drug-likeness (QED) is 0.660. The molecule has 96 valence electrons. The molecule has 0 aliphatic rings. The van der Waals surface area contributed by atoms with Crippen LogP contribution >= 0.6 is 0 Å². The van der Waals surface area contributed by atoms with Gasteiger partial charge in [-0.3, -0.25) is 0 Å². The Bertz CT molecular complexity index is 199. The Morgan fingerprint density at radius 1 is 1.19 bits per heavy atom. The van der Waals surface area contributed by atoms with E-state index in [1.54, 1.807) is 4.90 Å². The first kappa shape index (κ1) is 15.2. The van der Waals surface area contributed by atoms with Crippen molar-refractivity contribution in [1.29, 1.82) is 0 Å². The van der Waals surface area contributed by atoms with Crippen molar-refractivity contribution in [2.45, 2.75) is 46.6 Å². The topological polar surface area (TPSA) is 38.8 Å². The number of ether oxygens (including phenoxy) is 2. The number of nitrogens with zero attached hydrogens (tertiary/aromatic N) is 1. The van der Waals surface area contributed by atoms with E-state index in [1.165, 1.54) is 0 Å². The van der Waals surface area contributed by atoms with Crippen molar-refractivity contribution in [2.75, 3.05) is 26.3 Å². The maximum atomic E-state index is 11.7. The molecule has 0 radical (unpaired) electrons. The number of carbonyl (C=O) groups excluding carboxylic acids is 1. The van der Waals surface area contributed by atoms with Crippen LogP contribution in [-0.2, 0) is 9.47 Å². The first-order valence-corrected chi connectivity index (χ1v) is 5.96. The Kier molecular flexibility index (Phi) is 7.13. The van der Waals surface area contributed by atoms with E-state index < -0.39 is 5.60 Å². The van der Waals surface area contributed by atoms with Crippen molar-refractivity contribution >= 4 is 6.09 Å². The van der Waals surface area contributed by atoms with Crippen LogP contribution in [0.3, 0.4) is 0 Å². The Labute approximate surface area is 98.9 Å². The van der Waals surface area contributed by atoms with Gasteiger partial charge in [0.05, 0.1) is 6.61 Å². The molecule has 0 aliphatic heterocycles. The standard InChI is InChI=1S/C12H25NO3/c1-6-9-15-10-8-13(7-2)11(14)16-12(3,4)5/h6-10H2,1-5H3.